The Labute approximate surface area is 133 Å². The molecule has 1 aromatic heterocycles. The van der Waals surface area contributed by atoms with Gasteiger partial charge in [0.2, 0.25) is 5.69 Å². The predicted octanol–water partition coefficient (Wildman–Crippen LogP) is 4.33. The molecule has 0 saturated heterocycles. The molecule has 1 aliphatic carbocycles. The molecule has 1 atom stereocenters. The molecule has 0 bridgehead atoms. The summed E-state index contributed by atoms with van der Waals surface area (Å²) in [5, 5.41) is 0. The summed E-state index contributed by atoms with van der Waals surface area (Å²) in [5.41, 5.74) is 6.97. The highest BCUT2D eigenvalue weighted by Gasteiger charge is 2.30. The molecule has 1 aliphatic rings. The second kappa shape index (κ2) is 6.12. The van der Waals surface area contributed by atoms with Gasteiger partial charge in [-0.2, -0.15) is 0 Å². The third kappa shape index (κ3) is 2.63. The van der Waals surface area contributed by atoms with E-state index in [0.717, 1.165) is 25.2 Å². The third-order valence-electron chi connectivity index (χ3n) is 4.66. The van der Waals surface area contributed by atoms with Gasteiger partial charge in [0.25, 0.3) is 0 Å². The van der Waals surface area contributed by atoms with E-state index in [0.29, 0.717) is 5.92 Å². The monoisotopic (exact) mass is 296 g/mol. The van der Waals surface area contributed by atoms with E-state index in [4.69, 9.17) is 4.74 Å². The highest BCUT2D eigenvalue weighted by molar-refractivity contribution is 5.72. The molecule has 22 heavy (non-hydrogen) atoms. The second-order valence-corrected chi connectivity index (χ2v) is 6.50. The number of hydrogen-bond acceptors (Lipinski definition) is 1. The molecule has 1 aromatic carbocycles. The normalized spacial score (nSPS) is 16.1. The van der Waals surface area contributed by atoms with E-state index in [1.807, 2.05) is 0 Å². The van der Waals surface area contributed by atoms with E-state index in [9.17, 15) is 0 Å². The van der Waals surface area contributed by atoms with E-state index in [-0.39, 0.29) is 0 Å². The van der Waals surface area contributed by atoms with E-state index < -0.39 is 0 Å². The molecule has 0 radical (unpaired) electrons. The van der Waals surface area contributed by atoms with Crippen LogP contribution in [0.2, 0.25) is 0 Å². The summed E-state index contributed by atoms with van der Waals surface area (Å²) >= 11 is 0. The largest absolute Gasteiger partial charge is 0.494 e. The first-order valence-electron chi connectivity index (χ1n) is 8.37. The SMILES string of the molecule is CCCCOc1cc(C)c2c(c1)CC(C)c1ccc[n+](C)c1-2. The number of nitrogens with zero attached hydrogens (tertiary/aromatic N) is 1. The molecule has 0 N–H and O–H groups in total. The second-order valence-electron chi connectivity index (χ2n) is 6.50. The Morgan fingerprint density at radius 1 is 1.32 bits per heavy atom. The zero-order valence-electron chi connectivity index (χ0n) is 14.1. The van der Waals surface area contributed by atoms with Gasteiger partial charge in [-0.25, -0.2) is 4.57 Å². The maximum absolute atomic E-state index is 5.94. The van der Waals surface area contributed by atoms with Crippen LogP contribution in [0.5, 0.6) is 5.75 Å². The molecule has 0 amide bonds. The fourth-order valence-corrected chi connectivity index (χ4v) is 3.53. The Bertz CT molecular complexity index is 690. The Morgan fingerprint density at radius 2 is 2.14 bits per heavy atom. The van der Waals surface area contributed by atoms with Crippen molar-refractivity contribution in [3.8, 4) is 17.0 Å². The first-order valence-corrected chi connectivity index (χ1v) is 8.37. The van der Waals surface area contributed by atoms with Crippen molar-refractivity contribution >= 4 is 0 Å². The molecule has 1 unspecified atom stereocenters. The number of rotatable bonds is 4. The number of pyridine rings is 1. The van der Waals surface area contributed by atoms with Crippen LogP contribution in [0.25, 0.3) is 11.3 Å². The van der Waals surface area contributed by atoms with E-state index in [1.54, 1.807) is 0 Å². The lowest BCUT2D eigenvalue weighted by molar-refractivity contribution is -0.661. The van der Waals surface area contributed by atoms with Gasteiger partial charge in [0.05, 0.1) is 12.2 Å². The number of unbranched alkanes of at least 4 members (excludes halogenated alkanes) is 1. The molecular weight excluding hydrogens is 270 g/mol. The lowest BCUT2D eigenvalue weighted by Gasteiger charge is -2.24. The van der Waals surface area contributed by atoms with Crippen LogP contribution in [0.3, 0.4) is 0 Å². The molecule has 2 aromatic rings. The van der Waals surface area contributed by atoms with Crippen LogP contribution in [0.1, 0.15) is 49.3 Å². The van der Waals surface area contributed by atoms with Crippen LogP contribution in [0.15, 0.2) is 30.5 Å². The molecular formula is C20H26NO+. The van der Waals surface area contributed by atoms with Gasteiger partial charge in [0.1, 0.15) is 12.8 Å². The molecule has 0 saturated carbocycles. The van der Waals surface area contributed by atoms with E-state index in [2.05, 4.69) is 62.8 Å². The highest BCUT2D eigenvalue weighted by atomic mass is 16.5. The number of aryl methyl sites for hydroxylation is 2. The highest BCUT2D eigenvalue weighted by Crippen LogP contribution is 2.40. The summed E-state index contributed by atoms with van der Waals surface area (Å²) in [6, 6.07) is 8.87. The number of fused-ring (bicyclic) bond motifs is 3. The molecule has 0 spiro atoms. The number of aromatic nitrogens is 1. The van der Waals surface area contributed by atoms with Crippen LogP contribution >= 0.6 is 0 Å². The smallest absolute Gasteiger partial charge is 0.216 e. The number of benzene rings is 1. The first kappa shape index (κ1) is 15.1. The van der Waals surface area contributed by atoms with Crippen molar-refractivity contribution in [3.63, 3.8) is 0 Å². The summed E-state index contributed by atoms with van der Waals surface area (Å²) in [6.45, 7) is 7.54. The van der Waals surface area contributed by atoms with Crippen molar-refractivity contribution in [2.45, 2.75) is 46.0 Å². The molecule has 1 heterocycles. The maximum atomic E-state index is 5.94. The lowest BCUT2D eigenvalue weighted by Crippen LogP contribution is -2.34. The van der Waals surface area contributed by atoms with Crippen molar-refractivity contribution in [3.05, 3.63) is 47.2 Å². The van der Waals surface area contributed by atoms with Crippen molar-refractivity contribution < 1.29 is 9.30 Å². The van der Waals surface area contributed by atoms with Crippen LogP contribution < -0.4 is 9.30 Å². The molecule has 0 fully saturated rings. The topological polar surface area (TPSA) is 13.1 Å². The van der Waals surface area contributed by atoms with Gasteiger partial charge in [-0.15, -0.1) is 0 Å². The van der Waals surface area contributed by atoms with Gasteiger partial charge in [0.15, 0.2) is 6.20 Å². The predicted molar refractivity (Wildman–Crippen MR) is 90.3 cm³/mol. The van der Waals surface area contributed by atoms with Gasteiger partial charge < -0.3 is 4.74 Å². The number of hydrogen-bond donors (Lipinski definition) is 0. The molecule has 2 heteroatoms. The van der Waals surface area contributed by atoms with E-state index in [1.165, 1.54) is 34.4 Å². The molecule has 3 rings (SSSR count). The quantitative estimate of drug-likeness (QED) is 0.605. The fourth-order valence-electron chi connectivity index (χ4n) is 3.53. The Kier molecular flexibility index (Phi) is 4.19. The summed E-state index contributed by atoms with van der Waals surface area (Å²) in [4.78, 5) is 0. The van der Waals surface area contributed by atoms with Gasteiger partial charge in [-0.05, 0) is 55.0 Å². The average Bonchev–Trinajstić information content (AvgIpc) is 2.48. The average molecular weight is 296 g/mol. The van der Waals surface area contributed by atoms with Crippen LogP contribution in [0.4, 0.5) is 0 Å². The van der Waals surface area contributed by atoms with Crippen LogP contribution in [-0.4, -0.2) is 6.61 Å². The molecule has 0 aliphatic heterocycles. The van der Waals surface area contributed by atoms with Gasteiger partial charge in [-0.3, -0.25) is 0 Å². The summed E-state index contributed by atoms with van der Waals surface area (Å²) in [7, 11) is 2.14. The fraction of sp³-hybridized carbons (Fsp3) is 0.450. The minimum absolute atomic E-state index is 0.556. The van der Waals surface area contributed by atoms with Gasteiger partial charge >= 0.3 is 0 Å². The first-order chi connectivity index (χ1) is 10.6. The Hall–Kier alpha value is -1.83. The van der Waals surface area contributed by atoms with Crippen molar-refractivity contribution in [1.82, 2.24) is 0 Å². The van der Waals surface area contributed by atoms with Gasteiger partial charge in [0, 0.05) is 11.6 Å². The van der Waals surface area contributed by atoms with Crippen molar-refractivity contribution in [2.75, 3.05) is 6.61 Å². The minimum Gasteiger partial charge on any atom is -0.494 e. The van der Waals surface area contributed by atoms with Crippen LogP contribution in [-0.2, 0) is 13.5 Å². The Morgan fingerprint density at radius 3 is 2.91 bits per heavy atom. The zero-order valence-corrected chi connectivity index (χ0v) is 14.1. The summed E-state index contributed by atoms with van der Waals surface area (Å²) < 4.78 is 8.20. The minimum atomic E-state index is 0.556. The van der Waals surface area contributed by atoms with E-state index >= 15 is 0 Å². The molecule has 2 nitrogen and oxygen atoms in total. The Balaban J connectivity index is 2.06. The summed E-state index contributed by atoms with van der Waals surface area (Å²) in [5.74, 6) is 1.58. The van der Waals surface area contributed by atoms with Crippen molar-refractivity contribution in [2.24, 2.45) is 7.05 Å². The maximum Gasteiger partial charge on any atom is 0.216 e. The van der Waals surface area contributed by atoms with Crippen molar-refractivity contribution in [1.29, 1.82) is 0 Å². The van der Waals surface area contributed by atoms with Crippen LogP contribution in [0, 0.1) is 6.92 Å². The van der Waals surface area contributed by atoms with Gasteiger partial charge in [-0.1, -0.05) is 20.3 Å². The summed E-state index contributed by atoms with van der Waals surface area (Å²) in [6.07, 6.45) is 5.53. The zero-order chi connectivity index (χ0) is 15.7. The number of ether oxygens (including phenoxy) is 1. The third-order valence-corrected chi connectivity index (χ3v) is 4.66. The molecule has 116 valence electrons. The lowest BCUT2D eigenvalue weighted by atomic mass is 9.80. The standard InChI is InChI=1S/C20H26NO/c1-5-6-10-22-17-12-15(3)19-16(13-17)11-14(2)18-8-7-9-21(4)20(18)19/h7-9,12-14H,5-6,10-11H2,1-4H3/q+1.